The van der Waals surface area contributed by atoms with Gasteiger partial charge in [0.25, 0.3) is 0 Å². The summed E-state index contributed by atoms with van der Waals surface area (Å²) in [6.45, 7) is 4.32. The predicted octanol–water partition coefficient (Wildman–Crippen LogP) is 17.7. The van der Waals surface area contributed by atoms with E-state index in [1.807, 2.05) is 21.1 Å². The quantitative estimate of drug-likeness (QED) is 0.0211. The van der Waals surface area contributed by atoms with Gasteiger partial charge in [0.1, 0.15) is 19.8 Å². The van der Waals surface area contributed by atoms with E-state index in [9.17, 15) is 19.0 Å². The van der Waals surface area contributed by atoms with Crippen LogP contribution in [-0.2, 0) is 32.7 Å². The van der Waals surface area contributed by atoms with Crippen LogP contribution < -0.4 is 0 Å². The van der Waals surface area contributed by atoms with Crippen LogP contribution in [0.1, 0.15) is 245 Å². The van der Waals surface area contributed by atoms with Gasteiger partial charge in [-0.1, -0.05) is 222 Å². The van der Waals surface area contributed by atoms with E-state index in [-0.39, 0.29) is 32.0 Å². The first-order valence-corrected chi connectivity index (χ1v) is 30.2. The highest BCUT2D eigenvalue weighted by molar-refractivity contribution is 7.47. The van der Waals surface area contributed by atoms with Crippen molar-refractivity contribution in [1.29, 1.82) is 0 Å². The van der Waals surface area contributed by atoms with E-state index in [1.165, 1.54) is 135 Å². The second-order valence-electron chi connectivity index (χ2n) is 20.3. The maximum atomic E-state index is 12.8. The molecule has 0 spiro atoms. The number of nitrogens with zero attached hydrogens (tertiary/aromatic N) is 1. The monoisotopic (exact) mass is 1000 g/mol. The first-order valence-electron chi connectivity index (χ1n) is 28.7. The molecular weight excluding hydrogens is 894 g/mol. The van der Waals surface area contributed by atoms with Crippen molar-refractivity contribution >= 4 is 19.8 Å². The molecule has 0 saturated heterocycles. The summed E-state index contributed by atoms with van der Waals surface area (Å²) in [7, 11) is 1.47. The zero-order valence-corrected chi connectivity index (χ0v) is 46.9. The van der Waals surface area contributed by atoms with Crippen LogP contribution in [0.15, 0.2) is 72.9 Å². The summed E-state index contributed by atoms with van der Waals surface area (Å²) in [5.41, 5.74) is 0. The molecular formula is C60H109NO8P+. The summed E-state index contributed by atoms with van der Waals surface area (Å²) >= 11 is 0. The third kappa shape index (κ3) is 54.8. The average molecular weight is 1000 g/mol. The molecule has 0 aromatic rings. The van der Waals surface area contributed by atoms with Gasteiger partial charge in [0.15, 0.2) is 6.10 Å². The van der Waals surface area contributed by atoms with Gasteiger partial charge in [-0.15, -0.1) is 0 Å². The van der Waals surface area contributed by atoms with Gasteiger partial charge in [0.05, 0.1) is 27.7 Å². The molecule has 9 nitrogen and oxygen atoms in total. The molecule has 1 N–H and O–H groups in total. The van der Waals surface area contributed by atoms with Crippen molar-refractivity contribution < 1.29 is 42.1 Å². The number of unbranched alkanes of at least 4 members (excludes halogenated alkanes) is 26. The number of esters is 2. The minimum absolute atomic E-state index is 0.0280. The SMILES string of the molecule is CC/C=C\C/C=C\C/C=C\C/C=C\CCCCCCCCCCCCC(=O)OC(COC(=O)CCCCCCCCCCCCC/C=C\C/C=C\CCCCCCC)COP(=O)(O)OCC[N+](C)(C)C. The van der Waals surface area contributed by atoms with Gasteiger partial charge in [-0.25, -0.2) is 4.57 Å². The fraction of sp³-hybridized carbons (Fsp3) is 0.767. The molecule has 0 aliphatic carbocycles. The first kappa shape index (κ1) is 67.5. The molecule has 2 atom stereocenters. The molecule has 0 aliphatic heterocycles. The van der Waals surface area contributed by atoms with Gasteiger partial charge in [-0.3, -0.25) is 18.6 Å². The zero-order chi connectivity index (χ0) is 51.3. The molecule has 0 heterocycles. The van der Waals surface area contributed by atoms with Crippen molar-refractivity contribution in [3.05, 3.63) is 72.9 Å². The largest absolute Gasteiger partial charge is 0.472 e. The van der Waals surface area contributed by atoms with E-state index in [0.717, 1.165) is 77.0 Å². The number of hydrogen-bond acceptors (Lipinski definition) is 7. The number of rotatable bonds is 52. The summed E-state index contributed by atoms with van der Waals surface area (Å²) in [6.07, 6.45) is 66.7. The summed E-state index contributed by atoms with van der Waals surface area (Å²) in [4.78, 5) is 35.7. The van der Waals surface area contributed by atoms with Crippen LogP contribution in [0.25, 0.3) is 0 Å². The number of allylic oxidation sites excluding steroid dienone is 12. The van der Waals surface area contributed by atoms with E-state index in [2.05, 4.69) is 86.8 Å². The molecule has 0 aliphatic rings. The number of phosphoric acid groups is 1. The van der Waals surface area contributed by atoms with Gasteiger partial charge in [-0.05, 0) is 83.5 Å². The van der Waals surface area contributed by atoms with E-state index >= 15 is 0 Å². The van der Waals surface area contributed by atoms with Crippen molar-refractivity contribution in [2.75, 3.05) is 47.5 Å². The molecule has 2 unspecified atom stereocenters. The number of carbonyl (C=O) groups excluding carboxylic acids is 2. The highest BCUT2D eigenvalue weighted by Crippen LogP contribution is 2.43. The Balaban J connectivity index is 4.19. The number of likely N-dealkylation sites (N-methyl/N-ethyl adjacent to an activating group) is 1. The van der Waals surface area contributed by atoms with E-state index < -0.39 is 26.5 Å². The Kier molecular flexibility index (Phi) is 49.5. The number of quaternary nitrogens is 1. The first-order chi connectivity index (χ1) is 34.0. The maximum absolute atomic E-state index is 12.8. The van der Waals surface area contributed by atoms with E-state index in [1.54, 1.807) is 0 Å². The smallest absolute Gasteiger partial charge is 0.462 e. The van der Waals surface area contributed by atoms with Crippen molar-refractivity contribution in [1.82, 2.24) is 0 Å². The second kappa shape index (κ2) is 51.4. The van der Waals surface area contributed by atoms with Gasteiger partial charge in [-0.2, -0.15) is 0 Å². The molecule has 0 fully saturated rings. The standard InChI is InChI=1S/C60H108NO8P/c1-6-8-10-12-14-16-18-20-22-24-26-28-30-32-34-36-38-40-42-44-46-48-50-52-59(62)66-56-58(57-68-70(64,65)67-55-54-61(3,4)5)69-60(63)53-51-49-47-45-43-41-39-37-35-33-31-29-27-25-23-21-19-17-15-13-11-9-7-2/h9,11,15,17-18,20-21,23-24,26-27,29,58H,6-8,10,12-14,16,19,22,25,28,30-57H2,1-5H3/p+1/b11-9-,17-15-,20-18-,23-21-,26-24-,29-27-. The number of phosphoric ester groups is 1. The van der Waals surface area contributed by atoms with Crippen LogP contribution in [0.4, 0.5) is 0 Å². The third-order valence-corrected chi connectivity index (χ3v) is 13.2. The summed E-state index contributed by atoms with van der Waals surface area (Å²) in [5, 5.41) is 0. The van der Waals surface area contributed by atoms with Gasteiger partial charge in [0, 0.05) is 12.8 Å². The van der Waals surface area contributed by atoms with Crippen molar-refractivity contribution in [3.63, 3.8) is 0 Å². The molecule has 0 radical (unpaired) electrons. The predicted molar refractivity (Wildman–Crippen MR) is 298 cm³/mol. The Morgan fingerprint density at radius 3 is 1.21 bits per heavy atom. The zero-order valence-electron chi connectivity index (χ0n) is 46.0. The highest BCUT2D eigenvalue weighted by atomic mass is 31.2. The number of hydrogen-bond donors (Lipinski definition) is 1. The fourth-order valence-electron chi connectivity index (χ4n) is 7.80. The topological polar surface area (TPSA) is 108 Å². The van der Waals surface area contributed by atoms with Crippen molar-refractivity contribution in [2.45, 2.75) is 251 Å². The second-order valence-corrected chi connectivity index (χ2v) is 21.7. The molecule has 70 heavy (non-hydrogen) atoms. The lowest BCUT2D eigenvalue weighted by Gasteiger charge is -2.24. The van der Waals surface area contributed by atoms with Crippen molar-refractivity contribution in [3.8, 4) is 0 Å². The average Bonchev–Trinajstić information content (AvgIpc) is 3.32. The maximum Gasteiger partial charge on any atom is 0.472 e. The third-order valence-electron chi connectivity index (χ3n) is 12.2. The van der Waals surface area contributed by atoms with Crippen molar-refractivity contribution in [2.24, 2.45) is 0 Å². The van der Waals surface area contributed by atoms with Crippen LogP contribution in [0.2, 0.25) is 0 Å². The molecule has 0 rings (SSSR count). The van der Waals surface area contributed by atoms with Crippen LogP contribution in [0.5, 0.6) is 0 Å². The van der Waals surface area contributed by atoms with Crippen LogP contribution in [0, 0.1) is 0 Å². The summed E-state index contributed by atoms with van der Waals surface area (Å²) < 4.78 is 34.6. The lowest BCUT2D eigenvalue weighted by Crippen LogP contribution is -2.37. The van der Waals surface area contributed by atoms with Gasteiger partial charge in [0.2, 0.25) is 0 Å². The Bertz CT molecular complexity index is 1410. The Morgan fingerprint density at radius 1 is 0.457 bits per heavy atom. The van der Waals surface area contributed by atoms with Gasteiger partial charge >= 0.3 is 19.8 Å². The number of ether oxygens (including phenoxy) is 2. The Morgan fingerprint density at radius 2 is 0.814 bits per heavy atom. The lowest BCUT2D eigenvalue weighted by molar-refractivity contribution is -0.870. The van der Waals surface area contributed by atoms with Crippen LogP contribution in [-0.4, -0.2) is 74.9 Å². The summed E-state index contributed by atoms with van der Waals surface area (Å²) in [6, 6.07) is 0. The molecule has 0 bridgehead atoms. The number of carbonyl (C=O) groups is 2. The van der Waals surface area contributed by atoms with Crippen LogP contribution in [0.3, 0.4) is 0 Å². The van der Waals surface area contributed by atoms with E-state index in [0.29, 0.717) is 17.4 Å². The molecule has 0 aromatic carbocycles. The molecule has 0 aromatic heterocycles. The minimum atomic E-state index is -4.39. The lowest BCUT2D eigenvalue weighted by atomic mass is 10.0. The van der Waals surface area contributed by atoms with Gasteiger partial charge < -0.3 is 18.9 Å². The normalized spacial score (nSPS) is 13.9. The molecule has 0 saturated carbocycles. The van der Waals surface area contributed by atoms with E-state index in [4.69, 9.17) is 18.5 Å². The molecule has 0 amide bonds. The minimum Gasteiger partial charge on any atom is -0.462 e. The van der Waals surface area contributed by atoms with Crippen LogP contribution >= 0.6 is 7.82 Å². The molecule has 406 valence electrons. The molecule has 10 heteroatoms. The Labute approximate surface area is 431 Å². The fourth-order valence-corrected chi connectivity index (χ4v) is 8.54. The summed E-state index contributed by atoms with van der Waals surface area (Å²) in [5.74, 6) is -0.802. The Hall–Kier alpha value is -2.55. The highest BCUT2D eigenvalue weighted by Gasteiger charge is 2.27.